The Morgan fingerprint density at radius 2 is 1.81 bits per heavy atom. The summed E-state index contributed by atoms with van der Waals surface area (Å²) in [6.07, 6.45) is 3.99. The number of carbonyl (C=O) groups is 1. The quantitative estimate of drug-likeness (QED) is 0.667. The zero-order valence-electron chi connectivity index (χ0n) is 11.0. The molecular formula is C13H24N2O. The molecule has 0 N–H and O–H groups in total. The second-order valence-corrected chi connectivity index (χ2v) is 4.52. The Morgan fingerprint density at radius 3 is 2.19 bits per heavy atom. The predicted molar refractivity (Wildman–Crippen MR) is 65.7 cm³/mol. The van der Waals surface area contributed by atoms with Crippen LogP contribution in [0, 0.1) is 23.2 Å². The summed E-state index contributed by atoms with van der Waals surface area (Å²) in [6.45, 7) is 6.60. The zero-order chi connectivity index (χ0) is 12.6. The summed E-state index contributed by atoms with van der Waals surface area (Å²) in [5.74, 6) is 0.259. The molecule has 1 atom stereocenters. The fraction of sp³-hybridized carbons (Fsp3) is 0.846. The van der Waals surface area contributed by atoms with Gasteiger partial charge in [-0.05, 0) is 19.8 Å². The van der Waals surface area contributed by atoms with E-state index in [9.17, 15) is 4.79 Å². The van der Waals surface area contributed by atoms with Crippen LogP contribution < -0.4 is 0 Å². The van der Waals surface area contributed by atoms with Crippen LogP contribution >= 0.6 is 0 Å². The monoisotopic (exact) mass is 224 g/mol. The minimum Gasteiger partial charge on any atom is -0.344 e. The van der Waals surface area contributed by atoms with Crippen molar-refractivity contribution in [2.75, 3.05) is 13.6 Å². The molecule has 3 heteroatoms. The fourth-order valence-electron chi connectivity index (χ4n) is 1.94. The van der Waals surface area contributed by atoms with Crippen LogP contribution in [-0.2, 0) is 4.79 Å². The van der Waals surface area contributed by atoms with Gasteiger partial charge >= 0.3 is 0 Å². The summed E-state index contributed by atoms with van der Waals surface area (Å²) >= 11 is 0. The topological polar surface area (TPSA) is 44.1 Å². The van der Waals surface area contributed by atoms with Gasteiger partial charge in [-0.15, -0.1) is 0 Å². The van der Waals surface area contributed by atoms with Crippen molar-refractivity contribution in [3.63, 3.8) is 0 Å². The van der Waals surface area contributed by atoms with Crippen LogP contribution in [0.1, 0.15) is 46.5 Å². The molecule has 3 nitrogen and oxygen atoms in total. The third-order valence-electron chi connectivity index (χ3n) is 2.77. The average Bonchev–Trinajstić information content (AvgIpc) is 2.27. The Hall–Kier alpha value is -1.04. The maximum absolute atomic E-state index is 12.1. The van der Waals surface area contributed by atoms with Gasteiger partial charge in [-0.3, -0.25) is 4.79 Å². The molecule has 0 bridgehead atoms. The average molecular weight is 224 g/mol. The van der Waals surface area contributed by atoms with Crippen molar-refractivity contribution in [2.24, 2.45) is 11.8 Å². The van der Waals surface area contributed by atoms with E-state index >= 15 is 0 Å². The fourth-order valence-corrected chi connectivity index (χ4v) is 1.94. The van der Waals surface area contributed by atoms with E-state index in [1.807, 2.05) is 6.92 Å². The minimum absolute atomic E-state index is 0.0853. The molecule has 1 unspecified atom stereocenters. The highest BCUT2D eigenvalue weighted by atomic mass is 16.2. The van der Waals surface area contributed by atoms with E-state index in [1.54, 1.807) is 11.9 Å². The van der Waals surface area contributed by atoms with Gasteiger partial charge in [0.1, 0.15) is 0 Å². The molecule has 0 saturated heterocycles. The molecule has 0 fully saturated rings. The van der Waals surface area contributed by atoms with Gasteiger partial charge in [0, 0.05) is 19.5 Å². The van der Waals surface area contributed by atoms with E-state index in [1.165, 1.54) is 0 Å². The lowest BCUT2D eigenvalue weighted by molar-refractivity contribution is -0.135. The second-order valence-electron chi connectivity index (χ2n) is 4.52. The van der Waals surface area contributed by atoms with E-state index in [2.05, 4.69) is 19.9 Å². The number of hydrogen-bond acceptors (Lipinski definition) is 2. The van der Waals surface area contributed by atoms with E-state index in [0.29, 0.717) is 6.54 Å². The van der Waals surface area contributed by atoms with Crippen molar-refractivity contribution in [3.05, 3.63) is 0 Å². The Labute approximate surface area is 99.4 Å². The lowest BCUT2D eigenvalue weighted by atomic mass is 9.96. The summed E-state index contributed by atoms with van der Waals surface area (Å²) in [6, 6.07) is 2.16. The molecule has 0 aromatic carbocycles. The standard InChI is InChI=1S/C13H24N2O/c1-5-7-12(8-6-2)13(16)15(4)10-11(3)9-14/h11-12H,5-8,10H2,1-4H3. The van der Waals surface area contributed by atoms with Gasteiger partial charge < -0.3 is 4.90 Å². The van der Waals surface area contributed by atoms with Crippen LogP contribution in [0.25, 0.3) is 0 Å². The van der Waals surface area contributed by atoms with Gasteiger partial charge in [0.15, 0.2) is 0 Å². The number of nitrogens with zero attached hydrogens (tertiary/aromatic N) is 2. The molecule has 0 saturated carbocycles. The highest BCUT2D eigenvalue weighted by Crippen LogP contribution is 2.16. The summed E-state index contributed by atoms with van der Waals surface area (Å²) in [5, 5.41) is 8.72. The van der Waals surface area contributed by atoms with Crippen LogP contribution in [0.15, 0.2) is 0 Å². The first kappa shape index (κ1) is 15.0. The molecular weight excluding hydrogens is 200 g/mol. The molecule has 0 spiro atoms. The zero-order valence-corrected chi connectivity index (χ0v) is 11.0. The van der Waals surface area contributed by atoms with Crippen molar-refractivity contribution in [1.82, 2.24) is 4.90 Å². The molecule has 0 aromatic rings. The Balaban J connectivity index is 4.31. The number of amides is 1. The maximum atomic E-state index is 12.1. The molecule has 0 aliphatic carbocycles. The number of hydrogen-bond donors (Lipinski definition) is 0. The van der Waals surface area contributed by atoms with Gasteiger partial charge in [0.25, 0.3) is 0 Å². The van der Waals surface area contributed by atoms with Crippen LogP contribution in [0.4, 0.5) is 0 Å². The first-order valence-corrected chi connectivity index (χ1v) is 6.21. The molecule has 0 heterocycles. The van der Waals surface area contributed by atoms with E-state index in [-0.39, 0.29) is 17.7 Å². The Kier molecular flexibility index (Phi) is 7.62. The molecule has 0 radical (unpaired) electrons. The summed E-state index contributed by atoms with van der Waals surface area (Å²) < 4.78 is 0. The molecule has 0 rings (SSSR count). The van der Waals surface area contributed by atoms with Crippen molar-refractivity contribution < 1.29 is 4.79 Å². The van der Waals surface area contributed by atoms with Gasteiger partial charge in [0.05, 0.1) is 12.0 Å². The van der Waals surface area contributed by atoms with Crippen LogP contribution in [-0.4, -0.2) is 24.4 Å². The van der Waals surface area contributed by atoms with Crippen LogP contribution in [0.3, 0.4) is 0 Å². The maximum Gasteiger partial charge on any atom is 0.225 e. The van der Waals surface area contributed by atoms with Crippen molar-refractivity contribution in [1.29, 1.82) is 5.26 Å². The largest absolute Gasteiger partial charge is 0.344 e. The lowest BCUT2D eigenvalue weighted by Gasteiger charge is -2.24. The second kappa shape index (κ2) is 8.15. The normalized spacial score (nSPS) is 12.2. The highest BCUT2D eigenvalue weighted by Gasteiger charge is 2.21. The van der Waals surface area contributed by atoms with Gasteiger partial charge in [-0.1, -0.05) is 26.7 Å². The number of nitriles is 1. The van der Waals surface area contributed by atoms with E-state index in [4.69, 9.17) is 5.26 Å². The molecule has 0 aliphatic rings. The summed E-state index contributed by atoms with van der Waals surface area (Å²) in [5.41, 5.74) is 0. The Morgan fingerprint density at radius 1 is 1.31 bits per heavy atom. The number of carbonyl (C=O) groups excluding carboxylic acids is 1. The minimum atomic E-state index is -0.0853. The van der Waals surface area contributed by atoms with E-state index < -0.39 is 0 Å². The summed E-state index contributed by atoms with van der Waals surface area (Å²) in [4.78, 5) is 13.8. The summed E-state index contributed by atoms with van der Waals surface area (Å²) in [7, 11) is 1.80. The van der Waals surface area contributed by atoms with Crippen LogP contribution in [0.5, 0.6) is 0 Å². The lowest BCUT2D eigenvalue weighted by Crippen LogP contribution is -2.35. The smallest absolute Gasteiger partial charge is 0.225 e. The van der Waals surface area contributed by atoms with Gasteiger partial charge in [0.2, 0.25) is 5.91 Å². The molecule has 0 aliphatic heterocycles. The first-order valence-electron chi connectivity index (χ1n) is 6.21. The van der Waals surface area contributed by atoms with E-state index in [0.717, 1.165) is 25.7 Å². The van der Waals surface area contributed by atoms with Crippen molar-refractivity contribution in [2.45, 2.75) is 46.5 Å². The SMILES string of the molecule is CCCC(CCC)C(=O)N(C)CC(C)C#N. The Bertz CT molecular complexity index is 239. The number of rotatable bonds is 7. The molecule has 92 valence electrons. The third-order valence-corrected chi connectivity index (χ3v) is 2.77. The van der Waals surface area contributed by atoms with Crippen LogP contribution in [0.2, 0.25) is 0 Å². The third kappa shape index (κ3) is 5.16. The first-order chi connectivity index (χ1) is 7.56. The van der Waals surface area contributed by atoms with Crippen molar-refractivity contribution >= 4 is 5.91 Å². The predicted octanol–water partition coefficient (Wildman–Crippen LogP) is 2.82. The molecule has 16 heavy (non-hydrogen) atoms. The molecule has 0 aromatic heterocycles. The molecule has 1 amide bonds. The van der Waals surface area contributed by atoms with Gasteiger partial charge in [-0.25, -0.2) is 0 Å². The highest BCUT2D eigenvalue weighted by molar-refractivity contribution is 5.78. The van der Waals surface area contributed by atoms with Crippen molar-refractivity contribution in [3.8, 4) is 6.07 Å². The van der Waals surface area contributed by atoms with Gasteiger partial charge in [-0.2, -0.15) is 5.26 Å².